The van der Waals surface area contributed by atoms with Crippen molar-refractivity contribution in [1.29, 1.82) is 0 Å². The number of likely N-dealkylation sites (tertiary alicyclic amines) is 1. The first-order valence-corrected chi connectivity index (χ1v) is 8.40. The molecular weight excluding hydrogens is 308 g/mol. The molecule has 0 radical (unpaired) electrons. The van der Waals surface area contributed by atoms with E-state index >= 15 is 0 Å². The third kappa shape index (κ3) is 3.32. The third-order valence-electron chi connectivity index (χ3n) is 4.96. The van der Waals surface area contributed by atoms with Gasteiger partial charge >= 0.3 is 0 Å². The number of carbonyl (C=O) groups is 2. The molecule has 1 aromatic rings. The van der Waals surface area contributed by atoms with Crippen LogP contribution < -0.4 is 14.8 Å². The highest BCUT2D eigenvalue weighted by Gasteiger charge is 2.39. The summed E-state index contributed by atoms with van der Waals surface area (Å²) in [6.45, 7) is 0.967. The topological polar surface area (TPSA) is 67.9 Å². The molecule has 0 aromatic heterocycles. The number of rotatable bonds is 6. The molecule has 1 unspecified atom stereocenters. The van der Waals surface area contributed by atoms with E-state index in [-0.39, 0.29) is 17.7 Å². The molecule has 0 bridgehead atoms. The van der Waals surface area contributed by atoms with Crippen molar-refractivity contribution in [3.63, 3.8) is 0 Å². The van der Waals surface area contributed by atoms with Gasteiger partial charge in [0.15, 0.2) is 11.5 Å². The first kappa shape index (κ1) is 16.6. The molecule has 1 saturated carbocycles. The van der Waals surface area contributed by atoms with Crippen molar-refractivity contribution in [1.82, 2.24) is 10.2 Å². The summed E-state index contributed by atoms with van der Waals surface area (Å²) in [5.74, 6) is 1.12. The summed E-state index contributed by atoms with van der Waals surface area (Å²) in [7, 11) is 3.17. The normalized spacial score (nSPS) is 20.7. The van der Waals surface area contributed by atoms with E-state index in [1.807, 2.05) is 23.1 Å². The second-order valence-electron chi connectivity index (χ2n) is 6.44. The maximum atomic E-state index is 12.4. The Bertz CT molecular complexity index is 627. The lowest BCUT2D eigenvalue weighted by molar-refractivity contribution is -0.131. The fourth-order valence-electron chi connectivity index (χ4n) is 3.28. The number of benzene rings is 1. The van der Waals surface area contributed by atoms with Gasteiger partial charge in [-0.15, -0.1) is 0 Å². The Morgan fingerprint density at radius 3 is 2.62 bits per heavy atom. The summed E-state index contributed by atoms with van der Waals surface area (Å²) in [4.78, 5) is 26.3. The van der Waals surface area contributed by atoms with Gasteiger partial charge in [0.1, 0.15) is 0 Å². The monoisotopic (exact) mass is 332 g/mol. The zero-order valence-corrected chi connectivity index (χ0v) is 14.2. The van der Waals surface area contributed by atoms with E-state index in [9.17, 15) is 9.59 Å². The van der Waals surface area contributed by atoms with E-state index in [2.05, 4.69) is 5.32 Å². The summed E-state index contributed by atoms with van der Waals surface area (Å²) in [6.07, 6.45) is 3.66. The molecule has 2 amide bonds. The highest BCUT2D eigenvalue weighted by molar-refractivity contribution is 5.89. The number of methoxy groups -OCH3 is 2. The van der Waals surface area contributed by atoms with Crippen LogP contribution >= 0.6 is 0 Å². The number of nitrogens with zero attached hydrogens (tertiary/aromatic N) is 1. The lowest BCUT2D eigenvalue weighted by Crippen LogP contribution is -2.42. The van der Waals surface area contributed by atoms with Crippen LogP contribution in [-0.4, -0.2) is 43.5 Å². The maximum absolute atomic E-state index is 12.4. The van der Waals surface area contributed by atoms with Gasteiger partial charge < -0.3 is 19.7 Å². The number of amides is 2. The third-order valence-corrected chi connectivity index (χ3v) is 4.96. The molecule has 6 nitrogen and oxygen atoms in total. The van der Waals surface area contributed by atoms with Crippen LogP contribution in [-0.2, 0) is 16.1 Å². The van der Waals surface area contributed by atoms with Gasteiger partial charge in [0.05, 0.1) is 20.1 Å². The number of hydrogen-bond acceptors (Lipinski definition) is 4. The van der Waals surface area contributed by atoms with Gasteiger partial charge in [-0.25, -0.2) is 0 Å². The predicted molar refractivity (Wildman–Crippen MR) is 88.9 cm³/mol. The standard InChI is InChI=1S/C18H24N2O4/c1-23-15-7-6-12(8-16(15)24-2)10-19-18(22)13-9-17(21)20(11-13)14-4-3-5-14/h6-8,13-14H,3-5,9-11H2,1-2H3,(H,19,22). The lowest BCUT2D eigenvalue weighted by atomic mass is 9.92. The number of nitrogens with one attached hydrogen (secondary N) is 1. The van der Waals surface area contributed by atoms with Crippen LogP contribution in [0, 0.1) is 5.92 Å². The molecule has 1 aliphatic heterocycles. The van der Waals surface area contributed by atoms with Gasteiger partial charge in [0.25, 0.3) is 0 Å². The Morgan fingerprint density at radius 1 is 1.25 bits per heavy atom. The number of carbonyl (C=O) groups excluding carboxylic acids is 2. The summed E-state index contributed by atoms with van der Waals surface area (Å²) < 4.78 is 10.5. The molecule has 0 spiro atoms. The Balaban J connectivity index is 1.55. The van der Waals surface area contributed by atoms with Crippen molar-refractivity contribution in [2.45, 2.75) is 38.3 Å². The predicted octanol–water partition coefficient (Wildman–Crippen LogP) is 1.72. The van der Waals surface area contributed by atoms with Gasteiger partial charge in [-0.2, -0.15) is 0 Å². The zero-order valence-electron chi connectivity index (χ0n) is 14.2. The lowest BCUT2D eigenvalue weighted by Gasteiger charge is -2.34. The van der Waals surface area contributed by atoms with E-state index in [0.717, 1.165) is 18.4 Å². The van der Waals surface area contributed by atoms with Crippen LogP contribution in [0.15, 0.2) is 18.2 Å². The van der Waals surface area contributed by atoms with E-state index in [1.54, 1.807) is 14.2 Å². The smallest absolute Gasteiger partial charge is 0.225 e. The summed E-state index contributed by atoms with van der Waals surface area (Å²) in [5, 5.41) is 2.93. The fourth-order valence-corrected chi connectivity index (χ4v) is 3.28. The Morgan fingerprint density at radius 2 is 2.00 bits per heavy atom. The van der Waals surface area contributed by atoms with Crippen molar-refractivity contribution in [3.8, 4) is 11.5 Å². The van der Waals surface area contributed by atoms with Gasteiger partial charge in [0.2, 0.25) is 11.8 Å². The fraction of sp³-hybridized carbons (Fsp3) is 0.556. The molecule has 2 aliphatic rings. The number of hydrogen-bond donors (Lipinski definition) is 1. The average molecular weight is 332 g/mol. The van der Waals surface area contributed by atoms with Crippen molar-refractivity contribution in [2.75, 3.05) is 20.8 Å². The molecule has 24 heavy (non-hydrogen) atoms. The van der Waals surface area contributed by atoms with Crippen LogP contribution in [0.1, 0.15) is 31.2 Å². The molecule has 1 aromatic carbocycles. The van der Waals surface area contributed by atoms with Gasteiger partial charge in [0, 0.05) is 25.6 Å². The van der Waals surface area contributed by atoms with Crippen molar-refractivity contribution in [2.24, 2.45) is 5.92 Å². The van der Waals surface area contributed by atoms with Crippen molar-refractivity contribution >= 4 is 11.8 Å². The molecule has 2 fully saturated rings. The van der Waals surface area contributed by atoms with E-state index in [0.29, 0.717) is 37.1 Å². The van der Waals surface area contributed by atoms with E-state index < -0.39 is 0 Å². The Labute approximate surface area is 142 Å². The highest BCUT2D eigenvalue weighted by Crippen LogP contribution is 2.31. The average Bonchev–Trinajstić information content (AvgIpc) is 2.92. The largest absolute Gasteiger partial charge is 0.493 e. The maximum Gasteiger partial charge on any atom is 0.225 e. The van der Waals surface area contributed by atoms with Crippen LogP contribution in [0.4, 0.5) is 0 Å². The first-order chi connectivity index (χ1) is 11.6. The van der Waals surface area contributed by atoms with Gasteiger partial charge in [-0.1, -0.05) is 6.07 Å². The van der Waals surface area contributed by atoms with Crippen molar-refractivity contribution in [3.05, 3.63) is 23.8 Å². The molecule has 1 N–H and O–H groups in total. The first-order valence-electron chi connectivity index (χ1n) is 8.40. The minimum Gasteiger partial charge on any atom is -0.493 e. The van der Waals surface area contributed by atoms with Crippen molar-refractivity contribution < 1.29 is 19.1 Å². The molecular formula is C18H24N2O4. The van der Waals surface area contributed by atoms with E-state index in [1.165, 1.54) is 6.42 Å². The Kier molecular flexibility index (Phi) is 4.92. The second kappa shape index (κ2) is 7.11. The van der Waals surface area contributed by atoms with E-state index in [4.69, 9.17) is 9.47 Å². The quantitative estimate of drug-likeness (QED) is 0.861. The second-order valence-corrected chi connectivity index (χ2v) is 6.44. The number of ether oxygens (including phenoxy) is 2. The molecule has 1 aliphatic carbocycles. The summed E-state index contributed by atoms with van der Waals surface area (Å²) in [5.41, 5.74) is 0.932. The van der Waals surface area contributed by atoms with Crippen LogP contribution in [0.2, 0.25) is 0 Å². The molecule has 1 saturated heterocycles. The van der Waals surface area contributed by atoms with Crippen LogP contribution in [0.5, 0.6) is 11.5 Å². The molecule has 130 valence electrons. The highest BCUT2D eigenvalue weighted by atomic mass is 16.5. The Hall–Kier alpha value is -2.24. The minimum absolute atomic E-state index is 0.0556. The molecule has 1 atom stereocenters. The zero-order chi connectivity index (χ0) is 17.1. The molecule has 3 rings (SSSR count). The SMILES string of the molecule is COc1ccc(CNC(=O)C2CC(=O)N(C3CCC3)C2)cc1OC. The van der Waals surface area contributed by atoms with Crippen LogP contribution in [0.3, 0.4) is 0 Å². The van der Waals surface area contributed by atoms with Gasteiger partial charge in [-0.3, -0.25) is 9.59 Å². The summed E-state index contributed by atoms with van der Waals surface area (Å²) in [6, 6.07) is 5.92. The van der Waals surface area contributed by atoms with Gasteiger partial charge in [-0.05, 0) is 37.0 Å². The summed E-state index contributed by atoms with van der Waals surface area (Å²) >= 11 is 0. The minimum atomic E-state index is -0.238. The molecule has 6 heteroatoms. The van der Waals surface area contributed by atoms with Crippen LogP contribution in [0.25, 0.3) is 0 Å². The molecule has 1 heterocycles.